The van der Waals surface area contributed by atoms with E-state index in [-0.39, 0.29) is 17.8 Å². The number of ether oxygens (including phenoxy) is 1. The smallest absolute Gasteiger partial charge is 0.362 e. The van der Waals surface area contributed by atoms with E-state index in [1.165, 1.54) is 0 Å². The molecule has 6 nitrogen and oxygen atoms in total. The third kappa shape index (κ3) is 1.77. The van der Waals surface area contributed by atoms with Crippen molar-refractivity contribution in [3.8, 4) is 0 Å². The Balaban J connectivity index is 3.02. The molecule has 1 fully saturated rings. The zero-order chi connectivity index (χ0) is 10.1. The number of carbonyl (C=O) groups excluding carboxylic acids is 1. The molecule has 1 saturated heterocycles. The molecular weight excluding hydrogens is 176 g/mol. The van der Waals surface area contributed by atoms with Gasteiger partial charge in [0.1, 0.15) is 11.3 Å². The van der Waals surface area contributed by atoms with Crippen molar-refractivity contribution in [1.82, 2.24) is 0 Å². The first-order chi connectivity index (χ1) is 6.00. The lowest BCUT2D eigenvalue weighted by atomic mass is 9.95. The van der Waals surface area contributed by atoms with E-state index in [4.69, 9.17) is 15.2 Å². The van der Waals surface area contributed by atoms with E-state index in [9.17, 15) is 4.79 Å². The van der Waals surface area contributed by atoms with E-state index in [2.05, 4.69) is 10.3 Å². The molecule has 2 N–H and O–H groups in total. The van der Waals surface area contributed by atoms with Gasteiger partial charge in [-0.25, -0.2) is 4.79 Å². The molecule has 0 bridgehead atoms. The van der Waals surface area contributed by atoms with Crippen LogP contribution in [0.15, 0.2) is 10.3 Å². The van der Waals surface area contributed by atoms with Crippen LogP contribution in [0.25, 0.3) is 0 Å². The summed E-state index contributed by atoms with van der Waals surface area (Å²) in [5, 5.41) is 22.5. The molecule has 1 rings (SSSR count). The SMILES string of the molecule is CC1(C)CC(=N/O)/C(=N\O)C(=O)O1. The number of oxime groups is 2. The van der Waals surface area contributed by atoms with Gasteiger partial charge in [0.25, 0.3) is 0 Å². The molecule has 0 aromatic rings. The molecule has 0 aromatic carbocycles. The summed E-state index contributed by atoms with van der Waals surface area (Å²) in [6.07, 6.45) is 0.217. The highest BCUT2D eigenvalue weighted by molar-refractivity contribution is 6.66. The highest BCUT2D eigenvalue weighted by atomic mass is 16.6. The number of nitrogens with zero attached hydrogens (tertiary/aromatic N) is 2. The van der Waals surface area contributed by atoms with Crippen LogP contribution in [0.1, 0.15) is 20.3 Å². The van der Waals surface area contributed by atoms with Gasteiger partial charge in [0.05, 0.1) is 0 Å². The first-order valence-corrected chi connectivity index (χ1v) is 3.67. The largest absolute Gasteiger partial charge is 0.454 e. The molecule has 1 heterocycles. The third-order valence-electron chi connectivity index (χ3n) is 1.65. The van der Waals surface area contributed by atoms with Crippen molar-refractivity contribution in [2.75, 3.05) is 0 Å². The van der Waals surface area contributed by atoms with Crippen molar-refractivity contribution in [2.45, 2.75) is 25.9 Å². The molecule has 0 aromatic heterocycles. The molecular formula is C7H10N2O4. The second-order valence-corrected chi connectivity index (χ2v) is 3.32. The Hall–Kier alpha value is -1.59. The summed E-state index contributed by atoms with van der Waals surface area (Å²) in [7, 11) is 0. The molecule has 0 aliphatic carbocycles. The molecule has 0 radical (unpaired) electrons. The van der Waals surface area contributed by atoms with E-state index < -0.39 is 11.6 Å². The summed E-state index contributed by atoms with van der Waals surface area (Å²) in [5.74, 6) is -0.786. The van der Waals surface area contributed by atoms with Crippen LogP contribution < -0.4 is 0 Å². The van der Waals surface area contributed by atoms with Gasteiger partial charge in [0.15, 0.2) is 0 Å². The van der Waals surface area contributed by atoms with Gasteiger partial charge in [-0.1, -0.05) is 10.3 Å². The molecule has 13 heavy (non-hydrogen) atoms. The lowest BCUT2D eigenvalue weighted by Gasteiger charge is -2.29. The van der Waals surface area contributed by atoms with Crippen LogP contribution >= 0.6 is 0 Å². The standard InChI is InChI=1S/C7H10N2O4/c1-7(2)3-4(8-11)5(9-12)6(10)13-7/h11-12H,3H2,1-2H3/b8-4-,9-5+. The van der Waals surface area contributed by atoms with Crippen LogP contribution in [0.3, 0.4) is 0 Å². The molecule has 1 aliphatic rings. The number of hydrogen-bond donors (Lipinski definition) is 2. The predicted molar refractivity (Wildman–Crippen MR) is 43.2 cm³/mol. The lowest BCUT2D eigenvalue weighted by Crippen LogP contribution is -2.44. The molecule has 0 atom stereocenters. The highest BCUT2D eigenvalue weighted by Gasteiger charge is 2.38. The molecule has 0 saturated carbocycles. The van der Waals surface area contributed by atoms with Gasteiger partial charge < -0.3 is 15.2 Å². The summed E-state index contributed by atoms with van der Waals surface area (Å²) in [5.41, 5.74) is -1.04. The Kier molecular flexibility index (Phi) is 2.22. The first kappa shape index (κ1) is 9.50. The maximum absolute atomic E-state index is 11.1. The Morgan fingerprint density at radius 3 is 2.46 bits per heavy atom. The fourth-order valence-electron chi connectivity index (χ4n) is 1.12. The van der Waals surface area contributed by atoms with Crippen LogP contribution in [0.4, 0.5) is 0 Å². The van der Waals surface area contributed by atoms with Crippen LogP contribution in [0, 0.1) is 0 Å². The first-order valence-electron chi connectivity index (χ1n) is 3.67. The Labute approximate surface area is 74.5 Å². The maximum atomic E-state index is 11.1. The second kappa shape index (κ2) is 3.04. The van der Waals surface area contributed by atoms with Crippen molar-refractivity contribution in [2.24, 2.45) is 10.3 Å². The zero-order valence-corrected chi connectivity index (χ0v) is 7.31. The average molecular weight is 186 g/mol. The van der Waals surface area contributed by atoms with Crippen LogP contribution in [0.5, 0.6) is 0 Å². The molecule has 0 amide bonds. The summed E-state index contributed by atoms with van der Waals surface area (Å²) in [4.78, 5) is 11.1. The van der Waals surface area contributed by atoms with E-state index in [1.807, 2.05) is 0 Å². The van der Waals surface area contributed by atoms with Gasteiger partial charge >= 0.3 is 5.97 Å². The fourth-order valence-corrected chi connectivity index (χ4v) is 1.12. The minimum atomic E-state index is -0.786. The molecule has 6 heteroatoms. The van der Waals surface area contributed by atoms with Gasteiger partial charge in [0, 0.05) is 6.42 Å². The van der Waals surface area contributed by atoms with E-state index in [1.54, 1.807) is 13.8 Å². The minimum absolute atomic E-state index is 0.0313. The van der Waals surface area contributed by atoms with Crippen LogP contribution in [-0.4, -0.2) is 33.4 Å². The van der Waals surface area contributed by atoms with Gasteiger partial charge in [-0.2, -0.15) is 0 Å². The number of esters is 1. The van der Waals surface area contributed by atoms with Crippen molar-refractivity contribution < 1.29 is 19.9 Å². The number of hydrogen-bond acceptors (Lipinski definition) is 6. The fraction of sp³-hybridized carbons (Fsp3) is 0.571. The Morgan fingerprint density at radius 2 is 2.00 bits per heavy atom. The van der Waals surface area contributed by atoms with E-state index >= 15 is 0 Å². The Morgan fingerprint density at radius 1 is 1.38 bits per heavy atom. The predicted octanol–water partition coefficient (Wildman–Crippen LogP) is 0.372. The highest BCUT2D eigenvalue weighted by Crippen LogP contribution is 2.21. The molecule has 0 unspecified atom stereocenters. The van der Waals surface area contributed by atoms with E-state index in [0.717, 1.165) is 0 Å². The van der Waals surface area contributed by atoms with E-state index in [0.29, 0.717) is 0 Å². The Bertz CT molecular complexity index is 293. The lowest BCUT2D eigenvalue weighted by molar-refractivity contribution is -0.148. The molecule has 72 valence electrons. The summed E-state index contributed by atoms with van der Waals surface area (Å²) < 4.78 is 4.89. The van der Waals surface area contributed by atoms with Crippen molar-refractivity contribution in [1.29, 1.82) is 0 Å². The van der Waals surface area contributed by atoms with Gasteiger partial charge in [-0.3, -0.25) is 0 Å². The quantitative estimate of drug-likeness (QED) is 0.325. The number of cyclic esters (lactones) is 1. The van der Waals surface area contributed by atoms with Gasteiger partial charge in [-0.05, 0) is 13.8 Å². The summed E-state index contributed by atoms with van der Waals surface area (Å²) in [6.45, 7) is 3.34. The number of rotatable bonds is 0. The third-order valence-corrected chi connectivity index (χ3v) is 1.65. The molecule has 1 aliphatic heterocycles. The summed E-state index contributed by atoms with van der Waals surface area (Å²) >= 11 is 0. The number of carbonyl (C=O) groups is 1. The average Bonchev–Trinajstić information content (AvgIpc) is 2.01. The second-order valence-electron chi connectivity index (χ2n) is 3.32. The molecule has 0 spiro atoms. The van der Waals surface area contributed by atoms with Crippen molar-refractivity contribution >= 4 is 17.4 Å². The normalized spacial score (nSPS) is 27.7. The topological polar surface area (TPSA) is 91.5 Å². The van der Waals surface area contributed by atoms with Crippen LogP contribution in [-0.2, 0) is 9.53 Å². The monoisotopic (exact) mass is 186 g/mol. The van der Waals surface area contributed by atoms with Gasteiger partial charge in [-0.15, -0.1) is 0 Å². The van der Waals surface area contributed by atoms with Crippen molar-refractivity contribution in [3.05, 3.63) is 0 Å². The van der Waals surface area contributed by atoms with Crippen molar-refractivity contribution in [3.63, 3.8) is 0 Å². The summed E-state index contributed by atoms with van der Waals surface area (Å²) in [6, 6.07) is 0. The maximum Gasteiger partial charge on any atom is 0.362 e. The minimum Gasteiger partial charge on any atom is -0.454 e. The zero-order valence-electron chi connectivity index (χ0n) is 7.31. The van der Waals surface area contributed by atoms with Crippen LogP contribution in [0.2, 0.25) is 0 Å². The van der Waals surface area contributed by atoms with Gasteiger partial charge in [0.2, 0.25) is 5.71 Å².